The van der Waals surface area contributed by atoms with Gasteiger partial charge in [-0.1, -0.05) is 0 Å². The van der Waals surface area contributed by atoms with Gasteiger partial charge in [-0.15, -0.1) is 0 Å². The molecule has 74 valence electrons. The van der Waals surface area contributed by atoms with Crippen molar-refractivity contribution in [1.29, 1.82) is 0 Å². The van der Waals surface area contributed by atoms with E-state index in [2.05, 4.69) is 0 Å². The fraction of sp³-hybridized carbons (Fsp3) is 0. The summed E-state index contributed by atoms with van der Waals surface area (Å²) in [5.41, 5.74) is 0. The predicted molar refractivity (Wildman–Crippen MR) is 59.0 cm³/mol. The molecule has 0 radical (unpaired) electrons. The molecule has 0 aliphatic rings. The van der Waals surface area contributed by atoms with E-state index in [1.165, 1.54) is 0 Å². The molecule has 0 aliphatic heterocycles. The Hall–Kier alpha value is -1.40. The molecule has 0 spiro atoms. The van der Waals surface area contributed by atoms with Crippen molar-refractivity contribution in [1.82, 2.24) is 0 Å². The Kier molecular flexibility index (Phi) is 3.31. The fourth-order valence-corrected chi connectivity index (χ4v) is 1.77. The van der Waals surface area contributed by atoms with Crippen molar-refractivity contribution in [2.24, 2.45) is 0 Å². The van der Waals surface area contributed by atoms with Crippen molar-refractivity contribution in [3.05, 3.63) is 54.6 Å². The molecule has 0 bridgehead atoms. The second-order valence-corrected chi connectivity index (χ2v) is 4.47. The van der Waals surface area contributed by atoms with E-state index in [-0.39, 0.29) is 0 Å². The Bertz CT molecular complexity index is 437. The van der Waals surface area contributed by atoms with E-state index in [4.69, 9.17) is 4.74 Å². The molecule has 0 aliphatic carbocycles. The molecule has 0 heterocycles. The van der Waals surface area contributed by atoms with Gasteiger partial charge in [-0.05, 0) is 0 Å². The maximum absolute atomic E-state index is 10.7. The number of ether oxygens (including phenoxy) is 1. The quantitative estimate of drug-likeness (QED) is 0.790. The number of para-hydroxylation sites is 1. The molecule has 0 saturated heterocycles. The Balaban J connectivity index is 2.15. The summed E-state index contributed by atoms with van der Waals surface area (Å²) in [4.78, 5) is 0. The van der Waals surface area contributed by atoms with Gasteiger partial charge >= 0.3 is 94.6 Å². The molecule has 2 rings (SSSR count). The van der Waals surface area contributed by atoms with Crippen LogP contribution in [0.25, 0.3) is 0 Å². The molecule has 0 fully saturated rings. The standard InChI is InChI=1S/C12H9AsO2/c14-13-10-6-8-12(9-7-10)15-11-4-2-1-3-5-11/h1-9H. The molecule has 2 aromatic rings. The van der Waals surface area contributed by atoms with Gasteiger partial charge in [-0.2, -0.15) is 0 Å². The van der Waals surface area contributed by atoms with E-state index in [0.29, 0.717) is 0 Å². The van der Waals surface area contributed by atoms with Crippen molar-refractivity contribution in [2.75, 3.05) is 0 Å². The van der Waals surface area contributed by atoms with Crippen LogP contribution in [0.5, 0.6) is 11.5 Å². The fourth-order valence-electron chi connectivity index (χ4n) is 1.20. The Labute approximate surface area is 94.8 Å². The van der Waals surface area contributed by atoms with Gasteiger partial charge in [0.25, 0.3) is 0 Å². The van der Waals surface area contributed by atoms with Crippen LogP contribution in [0.2, 0.25) is 0 Å². The molecule has 2 aromatic carbocycles. The van der Waals surface area contributed by atoms with E-state index >= 15 is 0 Å². The Morgan fingerprint density at radius 1 is 0.800 bits per heavy atom. The van der Waals surface area contributed by atoms with Crippen LogP contribution in [0.3, 0.4) is 0 Å². The van der Waals surface area contributed by atoms with Crippen LogP contribution in [-0.4, -0.2) is 15.7 Å². The summed E-state index contributed by atoms with van der Waals surface area (Å²) in [5, 5.41) is 0. The molecule has 0 amide bonds. The van der Waals surface area contributed by atoms with Gasteiger partial charge < -0.3 is 0 Å². The van der Waals surface area contributed by atoms with Crippen LogP contribution in [0.15, 0.2) is 54.6 Å². The third-order valence-corrected chi connectivity index (χ3v) is 2.99. The van der Waals surface area contributed by atoms with Crippen LogP contribution in [0.4, 0.5) is 0 Å². The summed E-state index contributed by atoms with van der Waals surface area (Å²) >= 11 is -0.939. The SMILES string of the molecule is O=[As]c1ccc(Oc2ccccc2)cc1. The van der Waals surface area contributed by atoms with Gasteiger partial charge in [0.2, 0.25) is 0 Å². The summed E-state index contributed by atoms with van der Waals surface area (Å²) in [6, 6.07) is 16.9. The Morgan fingerprint density at radius 3 is 2.00 bits per heavy atom. The molecule has 0 atom stereocenters. The van der Waals surface area contributed by atoms with Crippen molar-refractivity contribution >= 4 is 20.0 Å². The molecule has 0 unspecified atom stereocenters. The minimum absolute atomic E-state index is 0.764. The van der Waals surface area contributed by atoms with E-state index < -0.39 is 15.7 Å². The van der Waals surface area contributed by atoms with Crippen LogP contribution in [0.1, 0.15) is 0 Å². The van der Waals surface area contributed by atoms with Crippen molar-refractivity contribution in [2.45, 2.75) is 0 Å². The van der Waals surface area contributed by atoms with Crippen molar-refractivity contribution in [3.63, 3.8) is 0 Å². The van der Waals surface area contributed by atoms with Gasteiger partial charge in [0.15, 0.2) is 0 Å². The first-order valence-electron chi connectivity index (χ1n) is 4.55. The molecular formula is C12H9AsO2. The van der Waals surface area contributed by atoms with Crippen LogP contribution in [-0.2, 0) is 3.74 Å². The molecule has 0 N–H and O–H groups in total. The number of hydrogen-bond donors (Lipinski definition) is 0. The first-order valence-corrected chi connectivity index (χ1v) is 6.25. The topological polar surface area (TPSA) is 26.3 Å². The molecule has 0 aromatic heterocycles. The van der Waals surface area contributed by atoms with Crippen molar-refractivity contribution < 1.29 is 8.48 Å². The van der Waals surface area contributed by atoms with E-state index in [0.717, 1.165) is 15.9 Å². The van der Waals surface area contributed by atoms with Crippen LogP contribution in [0, 0.1) is 0 Å². The molecule has 15 heavy (non-hydrogen) atoms. The van der Waals surface area contributed by atoms with E-state index in [1.807, 2.05) is 54.6 Å². The number of rotatable bonds is 3. The summed E-state index contributed by atoms with van der Waals surface area (Å²) in [6.45, 7) is 0. The van der Waals surface area contributed by atoms with Gasteiger partial charge in [0.1, 0.15) is 0 Å². The van der Waals surface area contributed by atoms with Gasteiger partial charge in [-0.3, -0.25) is 0 Å². The molecular weight excluding hydrogens is 251 g/mol. The summed E-state index contributed by atoms with van der Waals surface area (Å²) in [6.07, 6.45) is 0. The maximum atomic E-state index is 10.7. The van der Waals surface area contributed by atoms with E-state index in [9.17, 15) is 3.74 Å². The van der Waals surface area contributed by atoms with Crippen molar-refractivity contribution in [3.8, 4) is 11.5 Å². The second-order valence-electron chi connectivity index (χ2n) is 3.00. The van der Waals surface area contributed by atoms with Gasteiger partial charge in [0, 0.05) is 0 Å². The zero-order valence-corrected chi connectivity index (χ0v) is 9.84. The number of benzene rings is 2. The minimum atomic E-state index is -0.939. The summed E-state index contributed by atoms with van der Waals surface area (Å²) < 4.78 is 17.1. The second kappa shape index (κ2) is 4.90. The molecule has 0 saturated carbocycles. The van der Waals surface area contributed by atoms with Crippen LogP contribution < -0.4 is 9.09 Å². The third-order valence-electron chi connectivity index (χ3n) is 1.92. The summed E-state index contributed by atoms with van der Waals surface area (Å²) in [7, 11) is 0. The third kappa shape index (κ3) is 2.77. The monoisotopic (exact) mass is 260 g/mol. The Morgan fingerprint density at radius 2 is 1.40 bits per heavy atom. The first-order chi connectivity index (χ1) is 7.38. The summed E-state index contributed by atoms with van der Waals surface area (Å²) in [5.74, 6) is 1.57. The predicted octanol–water partition coefficient (Wildman–Crippen LogP) is 2.15. The number of hydrogen-bond acceptors (Lipinski definition) is 2. The average molecular weight is 260 g/mol. The normalized spacial score (nSPS) is 10.1. The zero-order valence-electron chi connectivity index (χ0n) is 7.96. The molecule has 3 heteroatoms. The van der Waals surface area contributed by atoms with E-state index in [1.54, 1.807) is 0 Å². The first kappa shape index (κ1) is 10.1. The molecule has 2 nitrogen and oxygen atoms in total. The van der Waals surface area contributed by atoms with Gasteiger partial charge in [-0.25, -0.2) is 0 Å². The van der Waals surface area contributed by atoms with Gasteiger partial charge in [0.05, 0.1) is 0 Å². The average Bonchev–Trinajstić information content (AvgIpc) is 2.31. The van der Waals surface area contributed by atoms with Crippen LogP contribution >= 0.6 is 0 Å². The zero-order chi connectivity index (χ0) is 10.5.